The molecular formula is C10H16ClNO3. The van der Waals surface area contributed by atoms with Crippen LogP contribution < -0.4 is 0 Å². The second-order valence-corrected chi connectivity index (χ2v) is 3.87. The molecule has 86 valence electrons. The van der Waals surface area contributed by atoms with Gasteiger partial charge in [-0.05, 0) is 19.8 Å². The van der Waals surface area contributed by atoms with Gasteiger partial charge < -0.3 is 4.74 Å². The summed E-state index contributed by atoms with van der Waals surface area (Å²) in [4.78, 5) is 25.2. The van der Waals surface area contributed by atoms with E-state index in [4.69, 9.17) is 4.74 Å². The van der Waals surface area contributed by atoms with Crippen molar-refractivity contribution in [3.8, 4) is 0 Å². The van der Waals surface area contributed by atoms with Crippen molar-refractivity contribution in [2.45, 2.75) is 25.8 Å². The molecule has 2 bridgehead atoms. The van der Waals surface area contributed by atoms with Crippen LogP contribution in [-0.2, 0) is 14.3 Å². The summed E-state index contributed by atoms with van der Waals surface area (Å²) in [6, 6.07) is -0.595. The molecule has 0 spiro atoms. The van der Waals surface area contributed by atoms with E-state index in [2.05, 4.69) is 0 Å². The Morgan fingerprint density at radius 2 is 2.07 bits per heavy atom. The second kappa shape index (κ2) is 4.94. The molecule has 0 aromatic heterocycles. The maximum Gasteiger partial charge on any atom is 0.331 e. The number of nitrogens with zero attached hydrogens (tertiary/aromatic N) is 1. The highest BCUT2D eigenvalue weighted by atomic mass is 35.5. The van der Waals surface area contributed by atoms with Crippen molar-refractivity contribution < 1.29 is 14.3 Å². The van der Waals surface area contributed by atoms with Crippen molar-refractivity contribution in [2.75, 3.05) is 19.7 Å². The summed E-state index contributed by atoms with van der Waals surface area (Å²) in [5, 5.41) is 0. The van der Waals surface area contributed by atoms with Crippen LogP contribution in [0.3, 0.4) is 0 Å². The normalized spacial score (nSPS) is 33.4. The lowest BCUT2D eigenvalue weighted by Gasteiger charge is -2.42. The van der Waals surface area contributed by atoms with E-state index in [9.17, 15) is 9.59 Å². The van der Waals surface area contributed by atoms with Gasteiger partial charge in [-0.15, -0.1) is 12.4 Å². The molecule has 15 heavy (non-hydrogen) atoms. The minimum absolute atomic E-state index is 0. The highest BCUT2D eigenvalue weighted by Gasteiger charge is 2.45. The van der Waals surface area contributed by atoms with Crippen molar-refractivity contribution >= 4 is 24.2 Å². The zero-order chi connectivity index (χ0) is 10.1. The summed E-state index contributed by atoms with van der Waals surface area (Å²) in [6.07, 6.45) is 1.82. The van der Waals surface area contributed by atoms with Crippen LogP contribution in [0.1, 0.15) is 19.8 Å². The van der Waals surface area contributed by atoms with E-state index in [0.29, 0.717) is 6.61 Å². The first-order valence-corrected chi connectivity index (χ1v) is 5.18. The molecule has 3 aliphatic rings. The Morgan fingerprint density at radius 1 is 1.47 bits per heavy atom. The van der Waals surface area contributed by atoms with E-state index >= 15 is 0 Å². The van der Waals surface area contributed by atoms with Crippen LogP contribution in [0.25, 0.3) is 0 Å². The summed E-state index contributed by atoms with van der Waals surface area (Å²) >= 11 is 0. The third-order valence-electron chi connectivity index (χ3n) is 3.08. The average Bonchev–Trinajstić information content (AvgIpc) is 2.19. The number of rotatable bonds is 2. The van der Waals surface area contributed by atoms with Gasteiger partial charge in [0.1, 0.15) is 0 Å². The van der Waals surface area contributed by atoms with E-state index in [0.717, 1.165) is 25.9 Å². The molecule has 0 amide bonds. The van der Waals surface area contributed by atoms with Gasteiger partial charge in [0.05, 0.1) is 6.61 Å². The van der Waals surface area contributed by atoms with E-state index < -0.39 is 6.04 Å². The number of Topliss-reactive ketones (excluding diaryl/α,β-unsaturated/α-hetero) is 1. The van der Waals surface area contributed by atoms with Crippen LogP contribution in [0.4, 0.5) is 0 Å². The maximum atomic E-state index is 11.8. The van der Waals surface area contributed by atoms with Gasteiger partial charge in [-0.2, -0.15) is 0 Å². The number of ether oxygens (including phenoxy) is 1. The molecule has 3 fully saturated rings. The molecule has 0 aromatic rings. The first-order valence-electron chi connectivity index (χ1n) is 5.18. The molecule has 1 unspecified atom stereocenters. The van der Waals surface area contributed by atoms with Crippen LogP contribution in [-0.4, -0.2) is 42.4 Å². The Morgan fingerprint density at radius 3 is 2.53 bits per heavy atom. The van der Waals surface area contributed by atoms with Crippen LogP contribution in [0.2, 0.25) is 0 Å². The van der Waals surface area contributed by atoms with Crippen molar-refractivity contribution in [3.05, 3.63) is 0 Å². The van der Waals surface area contributed by atoms with Gasteiger partial charge in [-0.25, -0.2) is 4.79 Å². The highest BCUT2D eigenvalue weighted by Crippen LogP contribution is 2.29. The first kappa shape index (κ1) is 12.5. The van der Waals surface area contributed by atoms with Crippen molar-refractivity contribution in [3.63, 3.8) is 0 Å². The lowest BCUT2D eigenvalue weighted by atomic mass is 9.82. The van der Waals surface area contributed by atoms with Crippen molar-refractivity contribution in [1.82, 2.24) is 4.90 Å². The summed E-state index contributed by atoms with van der Waals surface area (Å²) < 4.78 is 4.90. The van der Waals surface area contributed by atoms with E-state index in [1.54, 1.807) is 6.92 Å². The highest BCUT2D eigenvalue weighted by molar-refractivity contribution is 6.05. The van der Waals surface area contributed by atoms with Gasteiger partial charge in [-0.1, -0.05) is 0 Å². The predicted octanol–water partition coefficient (Wildman–Crippen LogP) is 0.635. The molecule has 0 saturated carbocycles. The molecule has 0 aliphatic carbocycles. The summed E-state index contributed by atoms with van der Waals surface area (Å²) in [5.74, 6) is -0.183. The van der Waals surface area contributed by atoms with Crippen LogP contribution in [0.15, 0.2) is 0 Å². The Kier molecular flexibility index (Phi) is 4.11. The monoisotopic (exact) mass is 233 g/mol. The van der Waals surface area contributed by atoms with E-state index in [1.165, 1.54) is 0 Å². The molecule has 1 atom stereocenters. The third kappa shape index (κ3) is 2.16. The number of fused-ring (bicyclic) bond motifs is 3. The molecule has 3 aliphatic heterocycles. The first-order chi connectivity index (χ1) is 6.74. The summed E-state index contributed by atoms with van der Waals surface area (Å²) in [5.41, 5.74) is 0. The van der Waals surface area contributed by atoms with E-state index in [-0.39, 0.29) is 30.1 Å². The van der Waals surface area contributed by atoms with Gasteiger partial charge >= 0.3 is 5.97 Å². The Bertz CT molecular complexity index is 261. The SMILES string of the molecule is CCOC(=O)C1C(=O)C2CCN1CC2.Cl. The molecule has 4 nitrogen and oxygen atoms in total. The van der Waals surface area contributed by atoms with Crippen LogP contribution in [0, 0.1) is 5.92 Å². The zero-order valence-corrected chi connectivity index (χ0v) is 9.59. The minimum Gasteiger partial charge on any atom is -0.464 e. The van der Waals surface area contributed by atoms with Gasteiger partial charge in [-0.3, -0.25) is 9.69 Å². The third-order valence-corrected chi connectivity index (χ3v) is 3.08. The molecule has 3 heterocycles. The maximum absolute atomic E-state index is 11.8. The fraction of sp³-hybridized carbons (Fsp3) is 0.800. The molecule has 0 radical (unpaired) electrons. The summed E-state index contributed by atoms with van der Waals surface area (Å²) in [7, 11) is 0. The molecule has 0 N–H and O–H groups in total. The van der Waals surface area contributed by atoms with Gasteiger partial charge in [0, 0.05) is 19.0 Å². The fourth-order valence-electron chi connectivity index (χ4n) is 2.33. The number of ketones is 1. The molecule has 5 heteroatoms. The Hall–Kier alpha value is -0.610. The Balaban J connectivity index is 0.00000112. The number of piperidine rings is 3. The number of hydrogen-bond acceptors (Lipinski definition) is 4. The minimum atomic E-state index is -0.595. The number of esters is 1. The molecule has 3 saturated heterocycles. The molecule has 0 aromatic carbocycles. The van der Waals surface area contributed by atoms with Crippen LogP contribution in [0.5, 0.6) is 0 Å². The summed E-state index contributed by atoms with van der Waals surface area (Å²) in [6.45, 7) is 3.83. The number of carbonyl (C=O) groups is 2. The van der Waals surface area contributed by atoms with Gasteiger partial charge in [0.15, 0.2) is 11.8 Å². The predicted molar refractivity (Wildman–Crippen MR) is 57.0 cm³/mol. The molecule has 3 rings (SSSR count). The second-order valence-electron chi connectivity index (χ2n) is 3.87. The van der Waals surface area contributed by atoms with Crippen LogP contribution >= 0.6 is 12.4 Å². The van der Waals surface area contributed by atoms with Gasteiger partial charge in [0.2, 0.25) is 0 Å². The van der Waals surface area contributed by atoms with Crippen molar-refractivity contribution in [2.24, 2.45) is 5.92 Å². The quantitative estimate of drug-likeness (QED) is 0.519. The standard InChI is InChI=1S/C10H15NO3.ClH/c1-2-14-10(13)8-9(12)7-3-5-11(8)6-4-7;/h7-8H,2-6H2,1H3;1H. The number of hydrogen-bond donors (Lipinski definition) is 0. The lowest BCUT2D eigenvalue weighted by molar-refractivity contribution is -0.160. The fourth-order valence-corrected chi connectivity index (χ4v) is 2.33. The van der Waals surface area contributed by atoms with Crippen molar-refractivity contribution in [1.29, 1.82) is 0 Å². The molecular weight excluding hydrogens is 218 g/mol. The van der Waals surface area contributed by atoms with E-state index in [1.807, 2.05) is 4.90 Å². The largest absolute Gasteiger partial charge is 0.464 e. The smallest absolute Gasteiger partial charge is 0.331 e. The Labute approximate surface area is 95.4 Å². The topological polar surface area (TPSA) is 46.6 Å². The average molecular weight is 234 g/mol. The zero-order valence-electron chi connectivity index (χ0n) is 8.77. The lowest BCUT2D eigenvalue weighted by Crippen LogP contribution is -2.59. The number of carbonyl (C=O) groups excluding carboxylic acids is 2. The number of halogens is 1. The van der Waals surface area contributed by atoms with Gasteiger partial charge in [0.25, 0.3) is 0 Å².